The second-order valence-corrected chi connectivity index (χ2v) is 8.75. The molecule has 30 heavy (non-hydrogen) atoms. The number of fused-ring (bicyclic) bond motifs is 5. The van der Waals surface area contributed by atoms with Crippen LogP contribution >= 0.6 is 11.6 Å². The lowest BCUT2D eigenvalue weighted by Gasteiger charge is -2.32. The van der Waals surface area contributed by atoms with Crippen LogP contribution < -0.4 is 15.3 Å². The minimum atomic E-state index is -0.209. The minimum absolute atomic E-state index is 0.209. The number of aryl methyl sites for hydroxylation is 2. The van der Waals surface area contributed by atoms with Crippen LogP contribution in [0.15, 0.2) is 39.5 Å². The first-order chi connectivity index (χ1) is 14.7. The number of halogens is 1. The summed E-state index contributed by atoms with van der Waals surface area (Å²) in [5.41, 5.74) is 5.66. The van der Waals surface area contributed by atoms with Crippen molar-refractivity contribution >= 4 is 28.3 Å². The summed E-state index contributed by atoms with van der Waals surface area (Å²) in [5, 5.41) is 1.56. The highest BCUT2D eigenvalue weighted by atomic mass is 35.5. The molecular weight excluding hydrogens is 398 g/mol. The number of unbranched alkanes of at least 4 members (excludes halogenated alkanes) is 1. The van der Waals surface area contributed by atoms with Crippen LogP contribution in [0, 0.1) is 0 Å². The normalized spacial score (nSPS) is 15.6. The standard InChI is InChI=1S/C25H26ClNO3/c1-2-3-6-16-9-11-17(12-10-16)27-14-21-23-20(13-22(26)24(21)29-15-27)18-7-4-5-8-19(18)25(28)30-23/h9-13H,2-8,14-15H2,1H3. The van der Waals surface area contributed by atoms with Crippen LogP contribution in [-0.4, -0.2) is 6.73 Å². The van der Waals surface area contributed by atoms with E-state index in [2.05, 4.69) is 36.1 Å². The lowest BCUT2D eigenvalue weighted by Crippen LogP contribution is -2.32. The largest absolute Gasteiger partial charge is 0.471 e. The van der Waals surface area contributed by atoms with Crippen LogP contribution in [0.25, 0.3) is 11.0 Å². The molecule has 0 amide bonds. The third-order valence-corrected chi connectivity index (χ3v) is 6.63. The molecule has 1 aliphatic heterocycles. The van der Waals surface area contributed by atoms with Gasteiger partial charge in [-0.05, 0) is 67.9 Å². The summed E-state index contributed by atoms with van der Waals surface area (Å²) in [6.45, 7) is 3.23. The Labute approximate surface area is 181 Å². The van der Waals surface area contributed by atoms with Crippen molar-refractivity contribution in [3.8, 4) is 5.75 Å². The maximum Gasteiger partial charge on any atom is 0.339 e. The fraction of sp³-hybridized carbons (Fsp3) is 0.400. The van der Waals surface area contributed by atoms with Crippen molar-refractivity contribution in [2.24, 2.45) is 0 Å². The molecule has 0 fully saturated rings. The number of nitrogens with zero attached hydrogens (tertiary/aromatic N) is 1. The lowest BCUT2D eigenvalue weighted by atomic mass is 9.90. The number of ether oxygens (including phenoxy) is 1. The van der Waals surface area contributed by atoms with Crippen molar-refractivity contribution in [3.63, 3.8) is 0 Å². The SMILES string of the molecule is CCCCc1ccc(N2COc3c(Cl)cc4c5c(c(=O)oc4c3C2)CCCC5)cc1. The summed E-state index contributed by atoms with van der Waals surface area (Å²) in [6.07, 6.45) is 7.31. The van der Waals surface area contributed by atoms with E-state index in [4.69, 9.17) is 20.8 Å². The van der Waals surface area contributed by atoms with E-state index in [-0.39, 0.29) is 5.63 Å². The molecule has 5 rings (SSSR count). The highest BCUT2D eigenvalue weighted by Crippen LogP contribution is 2.41. The molecule has 0 saturated carbocycles. The average Bonchev–Trinajstić information content (AvgIpc) is 2.79. The second kappa shape index (κ2) is 7.99. The lowest BCUT2D eigenvalue weighted by molar-refractivity contribution is 0.289. The van der Waals surface area contributed by atoms with E-state index in [9.17, 15) is 4.79 Å². The van der Waals surface area contributed by atoms with E-state index in [0.29, 0.717) is 29.6 Å². The molecule has 2 aromatic carbocycles. The first kappa shape index (κ1) is 19.5. The molecule has 1 aromatic heterocycles. The van der Waals surface area contributed by atoms with Gasteiger partial charge in [-0.15, -0.1) is 0 Å². The molecule has 5 heteroatoms. The Morgan fingerprint density at radius 2 is 1.83 bits per heavy atom. The number of benzene rings is 2. The van der Waals surface area contributed by atoms with Crippen LogP contribution in [0.3, 0.4) is 0 Å². The van der Waals surface area contributed by atoms with Crippen molar-refractivity contribution in [1.29, 1.82) is 0 Å². The summed E-state index contributed by atoms with van der Waals surface area (Å²) in [4.78, 5) is 14.8. The monoisotopic (exact) mass is 423 g/mol. The van der Waals surface area contributed by atoms with E-state index in [0.717, 1.165) is 59.9 Å². The summed E-state index contributed by atoms with van der Waals surface area (Å²) in [6, 6.07) is 10.6. The van der Waals surface area contributed by atoms with E-state index in [1.165, 1.54) is 18.4 Å². The van der Waals surface area contributed by atoms with Gasteiger partial charge >= 0.3 is 5.63 Å². The quantitative estimate of drug-likeness (QED) is 0.481. The summed E-state index contributed by atoms with van der Waals surface area (Å²) < 4.78 is 11.9. The van der Waals surface area contributed by atoms with Crippen LogP contribution in [0.1, 0.15) is 54.9 Å². The molecule has 0 bridgehead atoms. The third kappa shape index (κ3) is 3.37. The Morgan fingerprint density at radius 3 is 2.60 bits per heavy atom. The number of hydrogen-bond acceptors (Lipinski definition) is 4. The maximum absolute atomic E-state index is 12.7. The van der Waals surface area contributed by atoms with Crippen molar-refractivity contribution in [1.82, 2.24) is 0 Å². The zero-order valence-corrected chi connectivity index (χ0v) is 18.1. The Kier molecular flexibility index (Phi) is 5.20. The third-order valence-electron chi connectivity index (χ3n) is 6.35. The first-order valence-corrected chi connectivity index (χ1v) is 11.3. The van der Waals surface area contributed by atoms with Crippen LogP contribution in [0.4, 0.5) is 5.69 Å². The van der Waals surface area contributed by atoms with E-state index in [1.807, 2.05) is 6.07 Å². The molecule has 0 unspecified atom stereocenters. The predicted octanol–water partition coefficient (Wildman–Crippen LogP) is 6.02. The molecule has 2 aliphatic rings. The van der Waals surface area contributed by atoms with Gasteiger partial charge in [0.25, 0.3) is 0 Å². The van der Waals surface area contributed by atoms with Gasteiger partial charge in [0.15, 0.2) is 6.73 Å². The Hall–Kier alpha value is -2.46. The van der Waals surface area contributed by atoms with Crippen LogP contribution in [0.5, 0.6) is 5.75 Å². The minimum Gasteiger partial charge on any atom is -0.471 e. The molecule has 0 radical (unpaired) electrons. The fourth-order valence-electron chi connectivity index (χ4n) is 4.69. The van der Waals surface area contributed by atoms with Gasteiger partial charge in [-0.2, -0.15) is 0 Å². The van der Waals surface area contributed by atoms with E-state index in [1.54, 1.807) is 0 Å². The smallest absolute Gasteiger partial charge is 0.339 e. The van der Waals surface area contributed by atoms with Crippen molar-refractivity contribution in [3.05, 3.63) is 68.0 Å². The van der Waals surface area contributed by atoms with Crippen LogP contribution in [-0.2, 0) is 25.8 Å². The average molecular weight is 424 g/mol. The summed E-state index contributed by atoms with van der Waals surface area (Å²) in [7, 11) is 0. The maximum atomic E-state index is 12.7. The second-order valence-electron chi connectivity index (χ2n) is 8.34. The van der Waals surface area contributed by atoms with Gasteiger partial charge in [-0.3, -0.25) is 0 Å². The molecule has 3 aromatic rings. The first-order valence-electron chi connectivity index (χ1n) is 10.9. The molecule has 156 valence electrons. The number of rotatable bonds is 4. The highest BCUT2D eigenvalue weighted by Gasteiger charge is 2.27. The topological polar surface area (TPSA) is 42.7 Å². The highest BCUT2D eigenvalue weighted by molar-refractivity contribution is 6.33. The summed E-state index contributed by atoms with van der Waals surface area (Å²) >= 11 is 6.60. The van der Waals surface area contributed by atoms with Gasteiger partial charge < -0.3 is 14.1 Å². The predicted molar refractivity (Wildman–Crippen MR) is 121 cm³/mol. The number of anilines is 1. The molecule has 0 spiro atoms. The Morgan fingerprint density at radius 1 is 1.07 bits per heavy atom. The zero-order valence-electron chi connectivity index (χ0n) is 17.3. The van der Waals surface area contributed by atoms with Gasteiger partial charge in [-0.25, -0.2) is 4.79 Å². The van der Waals surface area contributed by atoms with Gasteiger partial charge in [0.05, 0.1) is 17.1 Å². The van der Waals surface area contributed by atoms with Crippen molar-refractivity contribution in [2.45, 2.75) is 58.4 Å². The van der Waals surface area contributed by atoms with Crippen molar-refractivity contribution in [2.75, 3.05) is 11.6 Å². The molecule has 1 aliphatic carbocycles. The Balaban J connectivity index is 1.54. The zero-order chi connectivity index (χ0) is 20.7. The summed E-state index contributed by atoms with van der Waals surface area (Å²) in [5.74, 6) is 0.638. The van der Waals surface area contributed by atoms with Gasteiger partial charge in [0.2, 0.25) is 0 Å². The fourth-order valence-corrected chi connectivity index (χ4v) is 4.97. The molecule has 0 N–H and O–H groups in total. The van der Waals surface area contributed by atoms with Gasteiger partial charge in [0, 0.05) is 16.6 Å². The van der Waals surface area contributed by atoms with E-state index >= 15 is 0 Å². The molecule has 0 saturated heterocycles. The van der Waals surface area contributed by atoms with Crippen molar-refractivity contribution < 1.29 is 9.15 Å². The van der Waals surface area contributed by atoms with Gasteiger partial charge in [-0.1, -0.05) is 37.1 Å². The van der Waals surface area contributed by atoms with E-state index < -0.39 is 0 Å². The molecule has 0 atom stereocenters. The molecular formula is C25H26ClNO3. The van der Waals surface area contributed by atoms with Gasteiger partial charge in [0.1, 0.15) is 11.3 Å². The molecule has 2 heterocycles. The van der Waals surface area contributed by atoms with Crippen LogP contribution in [0.2, 0.25) is 5.02 Å². The number of hydrogen-bond donors (Lipinski definition) is 0. The Bertz CT molecular complexity index is 1150. The molecule has 4 nitrogen and oxygen atoms in total.